The van der Waals surface area contributed by atoms with E-state index in [0.29, 0.717) is 12.1 Å². The molecule has 30 heavy (non-hydrogen) atoms. The quantitative estimate of drug-likeness (QED) is 0.578. The topological polar surface area (TPSA) is 61.4 Å². The highest BCUT2D eigenvalue weighted by Gasteiger charge is 2.16. The minimum absolute atomic E-state index is 0.0719. The van der Waals surface area contributed by atoms with Crippen LogP contribution >= 0.6 is 0 Å². The highest BCUT2D eigenvalue weighted by molar-refractivity contribution is 6.06. The normalized spacial score (nSPS) is 11.4. The first kappa shape index (κ1) is 21.1. The van der Waals surface area contributed by atoms with Crippen LogP contribution in [0.1, 0.15) is 35.8 Å². The van der Waals surface area contributed by atoms with Crippen LogP contribution in [0, 0.1) is 0 Å². The van der Waals surface area contributed by atoms with Gasteiger partial charge < -0.3 is 15.5 Å². The molecule has 3 rings (SSSR count). The Hall–Kier alpha value is -3.60. The van der Waals surface area contributed by atoms with Gasteiger partial charge in [-0.2, -0.15) is 0 Å². The van der Waals surface area contributed by atoms with Crippen LogP contribution in [0.25, 0.3) is 0 Å². The Morgan fingerprint density at radius 3 is 2.23 bits per heavy atom. The van der Waals surface area contributed by atoms with E-state index < -0.39 is 0 Å². The van der Waals surface area contributed by atoms with Gasteiger partial charge >= 0.3 is 0 Å². The Kier molecular flexibility index (Phi) is 7.22. The minimum Gasteiger partial charge on any atom is -0.376 e. The zero-order valence-corrected chi connectivity index (χ0v) is 17.3. The lowest BCUT2D eigenvalue weighted by Gasteiger charge is -2.21. The Bertz CT molecular complexity index is 974. The van der Waals surface area contributed by atoms with Gasteiger partial charge in [-0.05, 0) is 49.7 Å². The van der Waals surface area contributed by atoms with Crippen LogP contribution < -0.4 is 15.5 Å². The van der Waals surface area contributed by atoms with Gasteiger partial charge in [-0.25, -0.2) is 0 Å². The molecule has 0 saturated carbocycles. The molecular weight excluding hydrogens is 374 g/mol. The first-order chi connectivity index (χ1) is 14.6. The second-order valence-electron chi connectivity index (χ2n) is 7.02. The number of hydrogen-bond donors (Lipinski definition) is 2. The molecule has 1 atom stereocenters. The van der Waals surface area contributed by atoms with E-state index in [-0.39, 0.29) is 24.4 Å². The highest BCUT2D eigenvalue weighted by Crippen LogP contribution is 2.19. The number of carbonyl (C=O) groups excluding carboxylic acids is 2. The summed E-state index contributed by atoms with van der Waals surface area (Å²) in [5, 5.41) is 6.09. The average molecular weight is 402 g/mol. The summed E-state index contributed by atoms with van der Waals surface area (Å²) in [6, 6.07) is 26.6. The maximum atomic E-state index is 13.0. The molecule has 0 aliphatic heterocycles. The lowest BCUT2D eigenvalue weighted by molar-refractivity contribution is -0.120. The van der Waals surface area contributed by atoms with E-state index >= 15 is 0 Å². The molecule has 5 nitrogen and oxygen atoms in total. The van der Waals surface area contributed by atoms with Crippen molar-refractivity contribution >= 4 is 23.2 Å². The van der Waals surface area contributed by atoms with Gasteiger partial charge in [0, 0.05) is 23.5 Å². The van der Waals surface area contributed by atoms with Gasteiger partial charge in [0.2, 0.25) is 5.91 Å². The van der Waals surface area contributed by atoms with E-state index in [0.717, 1.165) is 16.9 Å². The van der Waals surface area contributed by atoms with Crippen LogP contribution in [0.2, 0.25) is 0 Å². The number of para-hydroxylation sites is 1. The molecule has 0 aliphatic carbocycles. The van der Waals surface area contributed by atoms with Crippen molar-refractivity contribution in [3.05, 3.63) is 96.1 Å². The number of benzene rings is 3. The third kappa shape index (κ3) is 5.47. The summed E-state index contributed by atoms with van der Waals surface area (Å²) in [6.07, 6.45) is 0. The van der Waals surface area contributed by atoms with Crippen LogP contribution in [0.3, 0.4) is 0 Å². The summed E-state index contributed by atoms with van der Waals surface area (Å²) >= 11 is 0. The monoisotopic (exact) mass is 401 g/mol. The number of anilines is 2. The number of amides is 2. The van der Waals surface area contributed by atoms with E-state index in [2.05, 4.69) is 10.6 Å². The van der Waals surface area contributed by atoms with Crippen molar-refractivity contribution in [3.8, 4) is 0 Å². The van der Waals surface area contributed by atoms with Gasteiger partial charge in [0.25, 0.3) is 5.91 Å². The first-order valence-corrected chi connectivity index (χ1v) is 10.1. The van der Waals surface area contributed by atoms with Gasteiger partial charge in [-0.1, -0.05) is 54.6 Å². The van der Waals surface area contributed by atoms with Gasteiger partial charge in [-0.3, -0.25) is 9.59 Å². The van der Waals surface area contributed by atoms with E-state index in [1.54, 1.807) is 17.0 Å². The van der Waals surface area contributed by atoms with Gasteiger partial charge in [0.1, 0.15) is 0 Å². The molecule has 0 aliphatic rings. The molecule has 2 N–H and O–H groups in total. The number of nitrogens with zero attached hydrogens (tertiary/aromatic N) is 1. The molecule has 2 amide bonds. The Labute approximate surface area is 177 Å². The fourth-order valence-electron chi connectivity index (χ4n) is 3.27. The van der Waals surface area contributed by atoms with E-state index in [9.17, 15) is 9.59 Å². The van der Waals surface area contributed by atoms with E-state index in [1.807, 2.05) is 86.6 Å². The van der Waals surface area contributed by atoms with Crippen molar-refractivity contribution in [3.63, 3.8) is 0 Å². The molecule has 0 radical (unpaired) electrons. The standard InChI is InChI=1S/C25H27N3O2/c1-3-28(23-15-8-5-9-16-23)25(30)21-13-10-14-22(17-21)26-18-24(29)27-19(2)20-11-6-4-7-12-20/h4-17,19,26H,3,18H2,1-2H3,(H,27,29). The van der Waals surface area contributed by atoms with Crippen LogP contribution in [-0.4, -0.2) is 24.9 Å². The maximum Gasteiger partial charge on any atom is 0.258 e. The molecule has 3 aromatic rings. The smallest absolute Gasteiger partial charge is 0.258 e. The van der Waals surface area contributed by atoms with Crippen LogP contribution in [-0.2, 0) is 4.79 Å². The molecule has 0 bridgehead atoms. The molecule has 1 unspecified atom stereocenters. The maximum absolute atomic E-state index is 13.0. The summed E-state index contributed by atoms with van der Waals surface area (Å²) in [6.45, 7) is 4.60. The van der Waals surface area contributed by atoms with Crippen molar-refractivity contribution < 1.29 is 9.59 Å². The molecule has 0 heterocycles. The molecule has 5 heteroatoms. The molecule has 154 valence electrons. The number of nitrogens with one attached hydrogen (secondary N) is 2. The zero-order valence-electron chi connectivity index (χ0n) is 17.3. The van der Waals surface area contributed by atoms with Gasteiger partial charge in [0.05, 0.1) is 12.6 Å². The zero-order chi connectivity index (χ0) is 21.3. The fraction of sp³-hybridized carbons (Fsp3) is 0.200. The lowest BCUT2D eigenvalue weighted by atomic mass is 10.1. The van der Waals surface area contributed by atoms with Crippen LogP contribution in [0.15, 0.2) is 84.9 Å². The second kappa shape index (κ2) is 10.3. The minimum atomic E-state index is -0.109. The summed E-state index contributed by atoms with van der Waals surface area (Å²) in [7, 11) is 0. The summed E-state index contributed by atoms with van der Waals surface area (Å²) in [5.74, 6) is -0.183. The third-order valence-corrected chi connectivity index (χ3v) is 4.87. The molecular formula is C25H27N3O2. The molecule has 0 saturated heterocycles. The molecule has 3 aromatic carbocycles. The molecule has 0 spiro atoms. The second-order valence-corrected chi connectivity index (χ2v) is 7.02. The summed E-state index contributed by atoms with van der Waals surface area (Å²) in [4.78, 5) is 27.0. The Morgan fingerprint density at radius 1 is 0.900 bits per heavy atom. The van der Waals surface area contributed by atoms with E-state index in [4.69, 9.17) is 0 Å². The van der Waals surface area contributed by atoms with Crippen molar-refractivity contribution in [1.82, 2.24) is 5.32 Å². The van der Waals surface area contributed by atoms with Gasteiger partial charge in [0.15, 0.2) is 0 Å². The van der Waals surface area contributed by atoms with Crippen molar-refractivity contribution in [1.29, 1.82) is 0 Å². The highest BCUT2D eigenvalue weighted by atomic mass is 16.2. The largest absolute Gasteiger partial charge is 0.376 e. The van der Waals surface area contributed by atoms with Crippen molar-refractivity contribution in [2.24, 2.45) is 0 Å². The number of rotatable bonds is 8. The van der Waals surface area contributed by atoms with Crippen LogP contribution in [0.4, 0.5) is 11.4 Å². The van der Waals surface area contributed by atoms with E-state index in [1.165, 1.54) is 0 Å². The first-order valence-electron chi connectivity index (χ1n) is 10.1. The van der Waals surface area contributed by atoms with Crippen LogP contribution in [0.5, 0.6) is 0 Å². The Morgan fingerprint density at radius 2 is 1.57 bits per heavy atom. The lowest BCUT2D eigenvalue weighted by Crippen LogP contribution is -2.32. The molecule has 0 fully saturated rings. The van der Waals surface area contributed by atoms with Crippen molar-refractivity contribution in [2.75, 3.05) is 23.3 Å². The molecule has 0 aromatic heterocycles. The number of carbonyl (C=O) groups is 2. The predicted octanol–water partition coefficient (Wildman–Crippen LogP) is 4.64. The summed E-state index contributed by atoms with van der Waals surface area (Å²) in [5.41, 5.74) is 3.22. The van der Waals surface area contributed by atoms with Gasteiger partial charge in [-0.15, -0.1) is 0 Å². The average Bonchev–Trinajstić information content (AvgIpc) is 2.79. The number of hydrogen-bond acceptors (Lipinski definition) is 3. The predicted molar refractivity (Wildman–Crippen MR) is 122 cm³/mol. The van der Waals surface area contributed by atoms with Crippen molar-refractivity contribution in [2.45, 2.75) is 19.9 Å². The summed E-state index contributed by atoms with van der Waals surface area (Å²) < 4.78 is 0. The third-order valence-electron chi connectivity index (χ3n) is 4.87. The fourth-order valence-corrected chi connectivity index (χ4v) is 3.27. The SMILES string of the molecule is CCN(C(=O)c1cccc(NCC(=O)NC(C)c2ccccc2)c1)c1ccccc1. The Balaban J connectivity index is 1.61.